The number of hydrogen-bond donors (Lipinski definition) is 1. The van der Waals surface area contributed by atoms with E-state index in [9.17, 15) is 14.4 Å². The smallest absolute Gasteiger partial charge is 0.396 e. The lowest BCUT2D eigenvalue weighted by Crippen LogP contribution is -2.43. The predicted octanol–water partition coefficient (Wildman–Crippen LogP) is -0.773. The Morgan fingerprint density at radius 3 is 2.36 bits per heavy atom. The van der Waals surface area contributed by atoms with Crippen LogP contribution < -0.4 is 5.32 Å². The monoisotopic (exact) mass is 203 g/mol. The van der Waals surface area contributed by atoms with Gasteiger partial charge in [0.25, 0.3) is 0 Å². The molecule has 1 atom stereocenters. The molecule has 0 bridgehead atoms. The standard InChI is InChI=1S/C8H13NO5/c1-4-14-8(12)6(10)9-5(2)7(11)13-3/h5H,4H2,1-3H3,(H,9,10). The van der Waals surface area contributed by atoms with Crippen molar-refractivity contribution in [1.82, 2.24) is 5.32 Å². The van der Waals surface area contributed by atoms with E-state index in [1.165, 1.54) is 14.0 Å². The topological polar surface area (TPSA) is 81.7 Å². The van der Waals surface area contributed by atoms with Gasteiger partial charge in [-0.25, -0.2) is 9.59 Å². The summed E-state index contributed by atoms with van der Waals surface area (Å²) in [7, 11) is 1.19. The van der Waals surface area contributed by atoms with E-state index in [-0.39, 0.29) is 6.61 Å². The molecule has 6 nitrogen and oxygen atoms in total. The van der Waals surface area contributed by atoms with Crippen molar-refractivity contribution < 1.29 is 23.9 Å². The maximum atomic E-state index is 11.0. The fourth-order valence-corrected chi connectivity index (χ4v) is 0.688. The SMILES string of the molecule is CCOC(=O)C(=O)NC(C)C(=O)OC. The molecule has 80 valence electrons. The summed E-state index contributed by atoms with van der Waals surface area (Å²) < 4.78 is 8.76. The number of methoxy groups -OCH3 is 1. The molecule has 0 radical (unpaired) electrons. The molecule has 0 fully saturated rings. The van der Waals surface area contributed by atoms with Crippen molar-refractivity contribution >= 4 is 17.8 Å². The van der Waals surface area contributed by atoms with E-state index < -0.39 is 23.9 Å². The molecule has 1 unspecified atom stereocenters. The number of carbonyl (C=O) groups excluding carboxylic acids is 3. The van der Waals surface area contributed by atoms with Gasteiger partial charge >= 0.3 is 17.8 Å². The minimum absolute atomic E-state index is 0.110. The van der Waals surface area contributed by atoms with E-state index in [4.69, 9.17) is 0 Å². The first kappa shape index (κ1) is 12.4. The molecule has 0 spiro atoms. The molecule has 0 saturated heterocycles. The zero-order valence-electron chi connectivity index (χ0n) is 8.33. The minimum atomic E-state index is -1.01. The lowest BCUT2D eigenvalue weighted by Gasteiger charge is -2.10. The summed E-state index contributed by atoms with van der Waals surface area (Å²) >= 11 is 0. The number of carbonyl (C=O) groups is 3. The van der Waals surface area contributed by atoms with Gasteiger partial charge in [0.2, 0.25) is 0 Å². The van der Waals surface area contributed by atoms with Gasteiger partial charge in [0.15, 0.2) is 0 Å². The second-order valence-electron chi connectivity index (χ2n) is 2.44. The van der Waals surface area contributed by atoms with E-state index >= 15 is 0 Å². The van der Waals surface area contributed by atoms with Crippen molar-refractivity contribution in [3.63, 3.8) is 0 Å². The van der Waals surface area contributed by atoms with E-state index in [2.05, 4.69) is 14.8 Å². The van der Waals surface area contributed by atoms with Crippen molar-refractivity contribution in [3.05, 3.63) is 0 Å². The van der Waals surface area contributed by atoms with E-state index in [0.717, 1.165) is 0 Å². The molecule has 0 aliphatic heterocycles. The number of rotatable bonds is 3. The Balaban J connectivity index is 4.05. The van der Waals surface area contributed by atoms with Crippen LogP contribution in [0, 0.1) is 0 Å². The van der Waals surface area contributed by atoms with Crippen molar-refractivity contribution in [3.8, 4) is 0 Å². The summed E-state index contributed by atoms with van der Waals surface area (Å²) in [6.07, 6.45) is 0. The van der Waals surface area contributed by atoms with Crippen LogP contribution in [0.3, 0.4) is 0 Å². The van der Waals surface area contributed by atoms with Crippen LogP contribution in [0.1, 0.15) is 13.8 Å². The van der Waals surface area contributed by atoms with Gasteiger partial charge in [-0.3, -0.25) is 4.79 Å². The highest BCUT2D eigenvalue weighted by Crippen LogP contribution is 1.87. The first-order valence-corrected chi connectivity index (χ1v) is 4.08. The van der Waals surface area contributed by atoms with E-state index in [0.29, 0.717) is 0 Å². The summed E-state index contributed by atoms with van der Waals surface area (Å²) in [5.41, 5.74) is 0. The van der Waals surface area contributed by atoms with Gasteiger partial charge < -0.3 is 14.8 Å². The van der Waals surface area contributed by atoms with E-state index in [1.807, 2.05) is 0 Å². The van der Waals surface area contributed by atoms with Gasteiger partial charge in [0.05, 0.1) is 13.7 Å². The zero-order chi connectivity index (χ0) is 11.1. The van der Waals surface area contributed by atoms with Crippen LogP contribution >= 0.6 is 0 Å². The quantitative estimate of drug-likeness (QED) is 0.481. The van der Waals surface area contributed by atoms with Crippen LogP contribution in [0.5, 0.6) is 0 Å². The van der Waals surface area contributed by atoms with Crippen molar-refractivity contribution in [2.75, 3.05) is 13.7 Å². The molecule has 14 heavy (non-hydrogen) atoms. The van der Waals surface area contributed by atoms with Gasteiger partial charge in [-0.05, 0) is 13.8 Å². The molecule has 0 saturated carbocycles. The van der Waals surface area contributed by atoms with Gasteiger partial charge in [-0.1, -0.05) is 0 Å². The second kappa shape index (κ2) is 5.95. The van der Waals surface area contributed by atoms with Gasteiger partial charge in [-0.15, -0.1) is 0 Å². The Kier molecular flexibility index (Phi) is 5.28. The Hall–Kier alpha value is -1.59. The summed E-state index contributed by atoms with van der Waals surface area (Å²) in [6, 6.07) is -0.864. The largest absolute Gasteiger partial charge is 0.467 e. The number of esters is 2. The summed E-state index contributed by atoms with van der Waals surface area (Å²) in [6.45, 7) is 3.09. The molecule has 0 aliphatic rings. The van der Waals surface area contributed by atoms with Crippen LogP contribution in [0.4, 0.5) is 0 Å². The van der Waals surface area contributed by atoms with Crippen molar-refractivity contribution in [1.29, 1.82) is 0 Å². The fourth-order valence-electron chi connectivity index (χ4n) is 0.688. The Labute approximate surface area is 81.6 Å². The molecule has 0 aliphatic carbocycles. The van der Waals surface area contributed by atoms with Gasteiger partial charge in [0.1, 0.15) is 6.04 Å². The average molecular weight is 203 g/mol. The molecule has 0 aromatic heterocycles. The van der Waals surface area contributed by atoms with Crippen LogP contribution in [-0.2, 0) is 23.9 Å². The van der Waals surface area contributed by atoms with E-state index in [1.54, 1.807) is 6.92 Å². The lowest BCUT2D eigenvalue weighted by atomic mass is 10.3. The average Bonchev–Trinajstić information content (AvgIpc) is 2.16. The summed E-state index contributed by atoms with van der Waals surface area (Å²) in [5.74, 6) is -2.59. The molecule has 0 aromatic carbocycles. The number of hydrogen-bond acceptors (Lipinski definition) is 5. The number of ether oxygens (including phenoxy) is 2. The third kappa shape index (κ3) is 3.88. The van der Waals surface area contributed by atoms with Gasteiger partial charge in [0, 0.05) is 0 Å². The van der Waals surface area contributed by atoms with Crippen LogP contribution in [0.2, 0.25) is 0 Å². The molecule has 1 N–H and O–H groups in total. The minimum Gasteiger partial charge on any atom is -0.467 e. The highest BCUT2D eigenvalue weighted by molar-refractivity contribution is 6.32. The van der Waals surface area contributed by atoms with Crippen LogP contribution in [0.15, 0.2) is 0 Å². The number of amides is 1. The molecule has 1 amide bonds. The third-order valence-electron chi connectivity index (χ3n) is 1.36. The van der Waals surface area contributed by atoms with Gasteiger partial charge in [-0.2, -0.15) is 0 Å². The van der Waals surface area contributed by atoms with Crippen LogP contribution in [0.25, 0.3) is 0 Å². The van der Waals surface area contributed by atoms with Crippen molar-refractivity contribution in [2.45, 2.75) is 19.9 Å². The Bertz CT molecular complexity index is 238. The van der Waals surface area contributed by atoms with Crippen LogP contribution in [-0.4, -0.2) is 37.6 Å². The first-order valence-electron chi connectivity index (χ1n) is 4.08. The third-order valence-corrected chi connectivity index (χ3v) is 1.36. The Morgan fingerprint density at radius 1 is 1.36 bits per heavy atom. The molecule has 0 aromatic rings. The molecule has 6 heteroatoms. The maximum Gasteiger partial charge on any atom is 0.396 e. The highest BCUT2D eigenvalue weighted by Gasteiger charge is 2.21. The molecular weight excluding hydrogens is 190 g/mol. The predicted molar refractivity (Wildman–Crippen MR) is 46.3 cm³/mol. The molecular formula is C8H13NO5. The first-order chi connectivity index (χ1) is 6.52. The lowest BCUT2D eigenvalue weighted by molar-refractivity contribution is -0.156. The Morgan fingerprint density at radius 2 is 1.93 bits per heavy atom. The second-order valence-corrected chi connectivity index (χ2v) is 2.44. The summed E-state index contributed by atoms with van der Waals surface area (Å²) in [5, 5.41) is 2.13. The zero-order valence-corrected chi connectivity index (χ0v) is 8.33. The highest BCUT2D eigenvalue weighted by atomic mass is 16.5. The van der Waals surface area contributed by atoms with Crippen molar-refractivity contribution in [2.24, 2.45) is 0 Å². The molecule has 0 heterocycles. The number of nitrogens with one attached hydrogen (secondary N) is 1. The maximum absolute atomic E-state index is 11.0. The normalized spacial score (nSPS) is 11.4. The summed E-state index contributed by atoms with van der Waals surface area (Å²) in [4.78, 5) is 32.6. The molecule has 0 rings (SSSR count). The fraction of sp³-hybridized carbons (Fsp3) is 0.625.